The Hall–Kier alpha value is -1.63. The molecule has 0 aliphatic heterocycles. The van der Waals surface area contributed by atoms with Crippen molar-refractivity contribution in [1.29, 1.82) is 0 Å². The average Bonchev–Trinajstić information content (AvgIpc) is 2.28. The minimum atomic E-state index is -3.25. The number of nitrogens with one attached hydrogen (secondary N) is 1. The van der Waals surface area contributed by atoms with Crippen molar-refractivity contribution in [2.24, 2.45) is 0 Å². The molecular formula is C12H19N3O3S. The van der Waals surface area contributed by atoms with Crippen LogP contribution in [0, 0.1) is 6.92 Å². The number of nitrogen functional groups attached to an aromatic ring is 1. The number of anilines is 1. The van der Waals surface area contributed by atoms with Gasteiger partial charge in [-0.05, 0) is 26.8 Å². The van der Waals surface area contributed by atoms with E-state index in [1.807, 2.05) is 0 Å². The summed E-state index contributed by atoms with van der Waals surface area (Å²) >= 11 is 0. The maximum absolute atomic E-state index is 12.0. The lowest BCUT2D eigenvalue weighted by Gasteiger charge is -2.22. The predicted molar refractivity (Wildman–Crippen MR) is 74.6 cm³/mol. The van der Waals surface area contributed by atoms with E-state index in [2.05, 4.69) is 10.3 Å². The van der Waals surface area contributed by atoms with Gasteiger partial charge < -0.3 is 11.1 Å². The normalized spacial score (nSPS) is 12.2. The SMILES string of the molecule is Cc1ncc(N)cc1C(=O)NCC(C)(C)S(C)(=O)=O. The number of nitrogens with zero attached hydrogens (tertiary/aromatic N) is 1. The van der Waals surface area contributed by atoms with Gasteiger partial charge in [0.15, 0.2) is 9.84 Å². The van der Waals surface area contributed by atoms with Crippen LogP contribution in [-0.4, -0.2) is 36.9 Å². The first kappa shape index (κ1) is 15.4. The van der Waals surface area contributed by atoms with Crippen LogP contribution in [0.15, 0.2) is 12.3 Å². The Morgan fingerprint density at radius 1 is 1.47 bits per heavy atom. The molecule has 0 spiro atoms. The van der Waals surface area contributed by atoms with Crippen LogP contribution in [0.1, 0.15) is 29.9 Å². The van der Waals surface area contributed by atoms with Crippen molar-refractivity contribution in [3.8, 4) is 0 Å². The van der Waals surface area contributed by atoms with Crippen LogP contribution in [0.25, 0.3) is 0 Å². The fraction of sp³-hybridized carbons (Fsp3) is 0.500. The fourth-order valence-corrected chi connectivity index (χ4v) is 1.63. The third-order valence-electron chi connectivity index (χ3n) is 3.03. The zero-order chi connectivity index (χ0) is 14.8. The highest BCUT2D eigenvalue weighted by atomic mass is 32.2. The second kappa shape index (κ2) is 5.16. The Kier molecular flexibility index (Phi) is 4.19. The molecule has 0 saturated carbocycles. The van der Waals surface area contributed by atoms with Crippen LogP contribution < -0.4 is 11.1 Å². The minimum absolute atomic E-state index is 0.0267. The minimum Gasteiger partial charge on any atom is -0.397 e. The van der Waals surface area contributed by atoms with E-state index < -0.39 is 14.6 Å². The van der Waals surface area contributed by atoms with E-state index in [9.17, 15) is 13.2 Å². The molecule has 19 heavy (non-hydrogen) atoms. The molecule has 1 rings (SSSR count). The summed E-state index contributed by atoms with van der Waals surface area (Å²) in [6.45, 7) is 4.84. The summed E-state index contributed by atoms with van der Waals surface area (Å²) in [6, 6.07) is 1.52. The van der Waals surface area contributed by atoms with Crippen molar-refractivity contribution in [2.45, 2.75) is 25.5 Å². The van der Waals surface area contributed by atoms with Gasteiger partial charge in [-0.25, -0.2) is 8.42 Å². The number of carbonyl (C=O) groups excluding carboxylic acids is 1. The number of pyridine rings is 1. The van der Waals surface area contributed by atoms with E-state index in [0.717, 1.165) is 6.26 Å². The first-order chi connectivity index (χ1) is 8.54. The summed E-state index contributed by atoms with van der Waals surface area (Å²) in [4.78, 5) is 16.0. The van der Waals surface area contributed by atoms with E-state index >= 15 is 0 Å². The predicted octanol–water partition coefficient (Wildman–Crippen LogP) is 0.525. The lowest BCUT2D eigenvalue weighted by Crippen LogP contribution is -2.43. The van der Waals surface area contributed by atoms with Crippen LogP contribution in [0.3, 0.4) is 0 Å². The molecule has 1 aromatic rings. The van der Waals surface area contributed by atoms with E-state index in [4.69, 9.17) is 5.73 Å². The third-order valence-corrected chi connectivity index (χ3v) is 5.18. The zero-order valence-electron chi connectivity index (χ0n) is 11.5. The van der Waals surface area contributed by atoms with Crippen LogP contribution in [-0.2, 0) is 9.84 Å². The van der Waals surface area contributed by atoms with Gasteiger partial charge in [0.1, 0.15) is 0 Å². The number of rotatable bonds is 4. The Labute approximate surface area is 113 Å². The Morgan fingerprint density at radius 2 is 2.05 bits per heavy atom. The molecule has 106 valence electrons. The summed E-state index contributed by atoms with van der Waals surface area (Å²) in [7, 11) is -3.25. The maximum Gasteiger partial charge on any atom is 0.253 e. The summed E-state index contributed by atoms with van der Waals surface area (Å²) in [6.07, 6.45) is 2.61. The molecule has 0 atom stereocenters. The van der Waals surface area contributed by atoms with Crippen LogP contribution >= 0.6 is 0 Å². The lowest BCUT2D eigenvalue weighted by atomic mass is 10.1. The number of aryl methyl sites for hydroxylation is 1. The Bertz CT molecular complexity index is 594. The van der Waals surface area contributed by atoms with Crippen molar-refractivity contribution in [1.82, 2.24) is 10.3 Å². The molecule has 1 aromatic heterocycles. The van der Waals surface area contributed by atoms with Crippen molar-refractivity contribution in [3.63, 3.8) is 0 Å². The number of nitrogens with two attached hydrogens (primary N) is 1. The molecular weight excluding hydrogens is 266 g/mol. The van der Waals surface area contributed by atoms with Crippen LogP contribution in [0.5, 0.6) is 0 Å². The monoisotopic (exact) mass is 285 g/mol. The van der Waals surface area contributed by atoms with Crippen LogP contribution in [0.4, 0.5) is 5.69 Å². The number of amides is 1. The van der Waals surface area contributed by atoms with E-state index in [1.165, 1.54) is 12.3 Å². The van der Waals surface area contributed by atoms with Crippen molar-refractivity contribution < 1.29 is 13.2 Å². The number of carbonyl (C=O) groups is 1. The molecule has 3 N–H and O–H groups in total. The third kappa shape index (κ3) is 3.66. The maximum atomic E-state index is 12.0. The summed E-state index contributed by atoms with van der Waals surface area (Å²) in [5.41, 5.74) is 6.86. The van der Waals surface area contributed by atoms with Crippen molar-refractivity contribution >= 4 is 21.4 Å². The highest BCUT2D eigenvalue weighted by Gasteiger charge is 2.30. The zero-order valence-corrected chi connectivity index (χ0v) is 12.3. The first-order valence-corrected chi connectivity index (χ1v) is 7.63. The summed E-state index contributed by atoms with van der Waals surface area (Å²) in [5, 5.41) is 2.60. The van der Waals surface area contributed by atoms with Gasteiger partial charge in [0.2, 0.25) is 0 Å². The van der Waals surface area contributed by atoms with Gasteiger partial charge in [-0.2, -0.15) is 0 Å². The van der Waals surface area contributed by atoms with Gasteiger partial charge in [-0.3, -0.25) is 9.78 Å². The summed E-state index contributed by atoms with van der Waals surface area (Å²) in [5.74, 6) is -0.381. The van der Waals surface area contributed by atoms with Crippen molar-refractivity contribution in [3.05, 3.63) is 23.5 Å². The molecule has 0 aromatic carbocycles. The fourth-order valence-electron chi connectivity index (χ4n) is 1.30. The van der Waals surface area contributed by atoms with Crippen LogP contribution in [0.2, 0.25) is 0 Å². The number of hydrogen-bond acceptors (Lipinski definition) is 5. The van der Waals surface area contributed by atoms with E-state index in [1.54, 1.807) is 20.8 Å². The van der Waals surface area contributed by atoms with E-state index in [-0.39, 0.29) is 12.5 Å². The molecule has 1 heterocycles. The van der Waals surface area contributed by atoms with Gasteiger partial charge >= 0.3 is 0 Å². The summed E-state index contributed by atoms with van der Waals surface area (Å²) < 4.78 is 22.1. The smallest absolute Gasteiger partial charge is 0.253 e. The molecule has 0 aliphatic carbocycles. The van der Waals surface area contributed by atoms with Gasteiger partial charge in [-0.1, -0.05) is 0 Å². The molecule has 0 aliphatic rings. The number of sulfone groups is 1. The average molecular weight is 285 g/mol. The standard InChI is InChI=1S/C12H19N3O3S/c1-8-10(5-9(13)6-14-8)11(16)15-7-12(2,3)19(4,17)18/h5-6H,7,13H2,1-4H3,(H,15,16). The molecule has 0 radical (unpaired) electrons. The largest absolute Gasteiger partial charge is 0.397 e. The lowest BCUT2D eigenvalue weighted by molar-refractivity contribution is 0.0949. The Balaban J connectivity index is 2.85. The highest BCUT2D eigenvalue weighted by Crippen LogP contribution is 2.14. The molecule has 0 fully saturated rings. The molecule has 0 bridgehead atoms. The quantitative estimate of drug-likeness (QED) is 0.840. The molecule has 6 nitrogen and oxygen atoms in total. The van der Waals surface area contributed by atoms with Gasteiger partial charge in [0, 0.05) is 12.8 Å². The van der Waals surface area contributed by atoms with Gasteiger partial charge in [0.05, 0.1) is 27.9 Å². The van der Waals surface area contributed by atoms with Gasteiger partial charge in [0.25, 0.3) is 5.91 Å². The van der Waals surface area contributed by atoms with Crippen molar-refractivity contribution in [2.75, 3.05) is 18.5 Å². The highest BCUT2D eigenvalue weighted by molar-refractivity contribution is 7.92. The first-order valence-electron chi connectivity index (χ1n) is 5.74. The molecule has 7 heteroatoms. The van der Waals surface area contributed by atoms with E-state index in [0.29, 0.717) is 16.9 Å². The second-order valence-corrected chi connectivity index (χ2v) is 7.77. The van der Waals surface area contributed by atoms with Gasteiger partial charge in [-0.15, -0.1) is 0 Å². The topological polar surface area (TPSA) is 102 Å². The molecule has 1 amide bonds. The molecule has 0 unspecified atom stereocenters. The number of aromatic nitrogens is 1. The second-order valence-electron chi connectivity index (χ2n) is 5.12. The molecule has 0 saturated heterocycles. The Morgan fingerprint density at radius 3 is 2.58 bits per heavy atom. The number of hydrogen-bond donors (Lipinski definition) is 2.